The van der Waals surface area contributed by atoms with Crippen molar-refractivity contribution in [2.75, 3.05) is 0 Å². The van der Waals surface area contributed by atoms with Crippen molar-refractivity contribution in [1.82, 2.24) is 9.13 Å². The normalized spacial score (nSPS) is 11.8. The Labute approximate surface area is 274 Å². The van der Waals surface area contributed by atoms with Crippen molar-refractivity contribution in [2.24, 2.45) is 0 Å². The number of rotatable bonds is 3. The molecule has 0 fully saturated rings. The summed E-state index contributed by atoms with van der Waals surface area (Å²) in [5, 5.41) is 17.8. The Kier molecular flexibility index (Phi) is 5.51. The summed E-state index contributed by atoms with van der Waals surface area (Å²) >= 11 is 1.87. The first-order valence-corrected chi connectivity index (χ1v) is 16.6. The molecule has 0 saturated heterocycles. The van der Waals surface area contributed by atoms with E-state index < -0.39 is 0 Å². The molecule has 47 heavy (non-hydrogen) atoms. The molecule has 0 saturated carbocycles. The molecule has 0 N–H and O–H groups in total. The van der Waals surface area contributed by atoms with E-state index in [2.05, 4.69) is 155 Å². The summed E-state index contributed by atoms with van der Waals surface area (Å²) in [5.41, 5.74) is 9.37. The molecule has 218 valence electrons. The molecule has 0 atom stereocenters. The zero-order valence-electron chi connectivity index (χ0n) is 25.2. The maximum atomic E-state index is 10.4. The molecular weight excluding hydrogens is 591 g/mol. The number of aromatic nitrogens is 2. The van der Waals surface area contributed by atoms with E-state index in [0.29, 0.717) is 5.56 Å². The highest BCUT2D eigenvalue weighted by atomic mass is 32.1. The molecule has 4 heteroatoms. The van der Waals surface area contributed by atoms with Crippen LogP contribution in [0.25, 0.3) is 86.3 Å². The second-order valence-electron chi connectivity index (χ2n) is 12.0. The summed E-state index contributed by atoms with van der Waals surface area (Å²) in [7, 11) is 0. The first kappa shape index (κ1) is 26.1. The molecule has 10 aromatic rings. The van der Waals surface area contributed by atoms with Gasteiger partial charge >= 0.3 is 0 Å². The van der Waals surface area contributed by atoms with Crippen LogP contribution in [0, 0.1) is 11.3 Å². The summed E-state index contributed by atoms with van der Waals surface area (Å²) in [5.74, 6) is 0. The molecule has 0 unspecified atom stereocenters. The highest BCUT2D eigenvalue weighted by Crippen LogP contribution is 2.43. The van der Waals surface area contributed by atoms with E-state index in [4.69, 9.17) is 0 Å². The highest BCUT2D eigenvalue weighted by molar-refractivity contribution is 7.26. The average Bonchev–Trinajstić information content (AvgIpc) is 3.79. The van der Waals surface area contributed by atoms with Crippen molar-refractivity contribution in [3.05, 3.63) is 157 Å². The minimum atomic E-state index is 0.646. The van der Waals surface area contributed by atoms with Crippen molar-refractivity contribution in [3.63, 3.8) is 0 Å². The van der Waals surface area contributed by atoms with E-state index >= 15 is 0 Å². The third-order valence-corrected chi connectivity index (χ3v) is 10.8. The predicted octanol–water partition coefficient (Wildman–Crippen LogP) is 11.8. The lowest BCUT2D eigenvalue weighted by Crippen LogP contribution is -2.01. The van der Waals surface area contributed by atoms with Gasteiger partial charge in [0.15, 0.2) is 0 Å². The van der Waals surface area contributed by atoms with Gasteiger partial charge in [0, 0.05) is 48.3 Å². The number of nitriles is 1. The van der Waals surface area contributed by atoms with Gasteiger partial charge < -0.3 is 9.13 Å². The van der Waals surface area contributed by atoms with Crippen LogP contribution in [0.3, 0.4) is 0 Å². The Bertz CT molecular complexity index is 2860. The van der Waals surface area contributed by atoms with Gasteiger partial charge in [-0.3, -0.25) is 0 Å². The topological polar surface area (TPSA) is 33.6 Å². The molecule has 3 aromatic heterocycles. The van der Waals surface area contributed by atoms with Gasteiger partial charge in [-0.05, 0) is 48.0 Å². The second kappa shape index (κ2) is 9.92. The number of fused-ring (bicyclic) bond motifs is 10. The van der Waals surface area contributed by atoms with Gasteiger partial charge in [0.25, 0.3) is 0 Å². The van der Waals surface area contributed by atoms with Crippen LogP contribution in [0.1, 0.15) is 5.56 Å². The van der Waals surface area contributed by atoms with Crippen LogP contribution in [0.2, 0.25) is 0 Å². The van der Waals surface area contributed by atoms with Crippen molar-refractivity contribution >= 4 is 75.1 Å². The fraction of sp³-hybridized carbons (Fsp3) is 0. The fourth-order valence-electron chi connectivity index (χ4n) is 7.56. The van der Waals surface area contributed by atoms with E-state index in [0.717, 1.165) is 33.5 Å². The van der Waals surface area contributed by atoms with E-state index in [1.54, 1.807) is 0 Å². The highest BCUT2D eigenvalue weighted by Gasteiger charge is 2.20. The van der Waals surface area contributed by atoms with Gasteiger partial charge in [-0.1, -0.05) is 109 Å². The lowest BCUT2D eigenvalue weighted by molar-refractivity contribution is 1.17. The Morgan fingerprint density at radius 1 is 0.468 bits per heavy atom. The third-order valence-electron chi connectivity index (χ3n) is 9.58. The Morgan fingerprint density at radius 3 is 1.72 bits per heavy atom. The molecule has 0 radical (unpaired) electrons. The minimum absolute atomic E-state index is 0.646. The van der Waals surface area contributed by atoms with Crippen molar-refractivity contribution in [3.8, 4) is 28.6 Å². The SMILES string of the molecule is N#Cc1cccc(-c2ccc(-n3c4ccccc4c4ccc5c6ccccc6sc5c43)cc2)c1-n1c2ccccc2c2ccccc21. The molecule has 0 spiro atoms. The van der Waals surface area contributed by atoms with Crippen LogP contribution in [-0.4, -0.2) is 9.13 Å². The fourth-order valence-corrected chi connectivity index (χ4v) is 8.80. The zero-order valence-corrected chi connectivity index (χ0v) is 26.0. The van der Waals surface area contributed by atoms with Gasteiger partial charge in [-0.15, -0.1) is 11.3 Å². The molecule has 0 bridgehead atoms. The number of hydrogen-bond acceptors (Lipinski definition) is 2. The molecule has 0 amide bonds. The summed E-state index contributed by atoms with van der Waals surface area (Å²) in [6.07, 6.45) is 0. The average molecular weight is 616 g/mol. The van der Waals surface area contributed by atoms with Crippen LogP contribution in [0.15, 0.2) is 152 Å². The van der Waals surface area contributed by atoms with E-state index in [1.807, 2.05) is 23.5 Å². The van der Waals surface area contributed by atoms with E-state index in [9.17, 15) is 5.26 Å². The van der Waals surface area contributed by atoms with Gasteiger partial charge in [0.1, 0.15) is 6.07 Å². The quantitative estimate of drug-likeness (QED) is 0.195. The van der Waals surface area contributed by atoms with E-state index in [-0.39, 0.29) is 0 Å². The zero-order chi connectivity index (χ0) is 31.1. The Balaban J connectivity index is 1.22. The number of nitrogens with zero attached hydrogens (tertiary/aromatic N) is 3. The summed E-state index contributed by atoms with van der Waals surface area (Å²) in [6.45, 7) is 0. The van der Waals surface area contributed by atoms with Crippen LogP contribution >= 0.6 is 11.3 Å². The molecule has 3 heterocycles. The minimum Gasteiger partial charge on any atom is -0.308 e. The summed E-state index contributed by atoms with van der Waals surface area (Å²) in [4.78, 5) is 0. The number of para-hydroxylation sites is 4. The molecule has 0 aliphatic heterocycles. The van der Waals surface area contributed by atoms with Crippen LogP contribution < -0.4 is 0 Å². The molecule has 3 nitrogen and oxygen atoms in total. The van der Waals surface area contributed by atoms with Crippen LogP contribution in [-0.2, 0) is 0 Å². The van der Waals surface area contributed by atoms with Gasteiger partial charge in [-0.25, -0.2) is 0 Å². The van der Waals surface area contributed by atoms with Crippen molar-refractivity contribution < 1.29 is 0 Å². The first-order chi connectivity index (χ1) is 23.3. The number of hydrogen-bond donors (Lipinski definition) is 0. The predicted molar refractivity (Wildman–Crippen MR) is 198 cm³/mol. The second-order valence-corrected chi connectivity index (χ2v) is 13.1. The standard InChI is InChI=1S/C43H25N3S/c44-26-28-10-9-15-30(41(28)46-38-17-6-1-11-31(38)32-12-2-7-18-39(32)46)27-20-22-29(23-21-27)45-37-16-5-3-13-33(37)35-24-25-36-34-14-4-8-19-40(34)47-43(36)42(35)45/h1-25H. The first-order valence-electron chi connectivity index (χ1n) is 15.8. The van der Waals surface area contributed by atoms with Gasteiger partial charge in [0.2, 0.25) is 0 Å². The van der Waals surface area contributed by atoms with Crippen LogP contribution in [0.4, 0.5) is 0 Å². The smallest absolute Gasteiger partial charge is 0.101 e. The largest absolute Gasteiger partial charge is 0.308 e. The third kappa shape index (κ3) is 3.66. The molecule has 0 aliphatic carbocycles. The molecule has 0 aliphatic rings. The lowest BCUT2D eigenvalue weighted by atomic mass is 9.99. The maximum absolute atomic E-state index is 10.4. The van der Waals surface area contributed by atoms with Crippen molar-refractivity contribution in [2.45, 2.75) is 0 Å². The maximum Gasteiger partial charge on any atom is 0.101 e. The lowest BCUT2D eigenvalue weighted by Gasteiger charge is -2.16. The summed E-state index contributed by atoms with van der Waals surface area (Å²) in [6, 6.07) is 56.3. The number of thiophene rings is 1. The van der Waals surface area contributed by atoms with E-state index in [1.165, 1.54) is 52.8 Å². The molecule has 7 aromatic carbocycles. The Morgan fingerprint density at radius 2 is 1.04 bits per heavy atom. The Hall–Kier alpha value is -6.15. The molecular formula is C43H25N3S. The monoisotopic (exact) mass is 615 g/mol. The molecule has 10 rings (SSSR count). The van der Waals surface area contributed by atoms with Gasteiger partial charge in [-0.2, -0.15) is 5.26 Å². The number of benzene rings is 7. The van der Waals surface area contributed by atoms with Crippen molar-refractivity contribution in [1.29, 1.82) is 5.26 Å². The summed E-state index contributed by atoms with van der Waals surface area (Å²) < 4.78 is 7.29. The van der Waals surface area contributed by atoms with Crippen LogP contribution in [0.5, 0.6) is 0 Å². The van der Waals surface area contributed by atoms with Gasteiger partial charge in [0.05, 0.1) is 38.0 Å².